The first kappa shape index (κ1) is 9.93. The van der Waals surface area contributed by atoms with Gasteiger partial charge in [-0.2, -0.15) is 13.2 Å². The van der Waals surface area contributed by atoms with Crippen LogP contribution in [0.25, 0.3) is 0 Å². The second kappa shape index (κ2) is 2.52. The first-order chi connectivity index (χ1) is 6.88. The number of fused-ring (bicyclic) bond motifs is 1. The van der Waals surface area contributed by atoms with Gasteiger partial charge in [0.15, 0.2) is 5.41 Å². The molecule has 2 bridgehead atoms. The molecule has 0 spiro atoms. The van der Waals surface area contributed by atoms with E-state index in [9.17, 15) is 18.0 Å². The first-order valence-corrected chi connectivity index (χ1v) is 5.71. The van der Waals surface area contributed by atoms with Crippen LogP contribution in [-0.4, -0.2) is 23.1 Å². The average molecular weight is 285 g/mol. The number of ether oxygens (including phenoxy) is 1. The van der Waals surface area contributed by atoms with Gasteiger partial charge in [-0.3, -0.25) is 4.79 Å². The van der Waals surface area contributed by atoms with Gasteiger partial charge in [-0.15, -0.1) is 0 Å². The Morgan fingerprint density at radius 1 is 1.47 bits per heavy atom. The number of carbonyl (C=O) groups excluding carboxylic acids is 1. The van der Waals surface area contributed by atoms with Gasteiger partial charge in [-0.25, -0.2) is 0 Å². The summed E-state index contributed by atoms with van der Waals surface area (Å²) in [5, 5.41) is 0. The van der Waals surface area contributed by atoms with Crippen LogP contribution in [0.2, 0.25) is 0 Å². The fraction of sp³-hybridized carbons (Fsp3) is 0.889. The molecule has 0 radical (unpaired) electrons. The molecule has 0 unspecified atom stereocenters. The number of hydrogen-bond donors (Lipinski definition) is 0. The fourth-order valence-corrected chi connectivity index (χ4v) is 4.25. The highest BCUT2D eigenvalue weighted by atomic mass is 79.9. The molecule has 0 amide bonds. The normalized spacial score (nSPS) is 52.4. The van der Waals surface area contributed by atoms with E-state index in [-0.39, 0.29) is 17.2 Å². The van der Waals surface area contributed by atoms with Crippen LogP contribution in [0.15, 0.2) is 0 Å². The Labute approximate surface area is 92.3 Å². The van der Waals surface area contributed by atoms with Crippen LogP contribution in [0.1, 0.15) is 12.8 Å². The quantitative estimate of drug-likeness (QED) is 0.504. The third-order valence-electron chi connectivity index (χ3n) is 4.05. The van der Waals surface area contributed by atoms with Gasteiger partial charge in [-0.05, 0) is 18.8 Å². The molecule has 0 N–H and O–H groups in total. The molecule has 0 aromatic rings. The largest absolute Gasteiger partial charge is 0.460 e. The SMILES string of the molecule is O=C1O[C@H]2[C@H](Br)[C@@H]3C[C@H]2[C@@]1(C(F)(F)F)C3. The molecule has 3 fully saturated rings. The topological polar surface area (TPSA) is 26.3 Å². The minimum Gasteiger partial charge on any atom is -0.460 e. The standard InChI is InChI=1S/C9H8BrF3O2/c10-5-3-1-4-6(5)15-7(14)8(4,2-3)9(11,12)13/h3-6H,1-2H2/t3-,4-,5-,6-,8+/m1/s1. The summed E-state index contributed by atoms with van der Waals surface area (Å²) in [6.07, 6.45) is -4.69. The maximum atomic E-state index is 13.0. The molecular formula is C9H8BrF3O2. The van der Waals surface area contributed by atoms with Gasteiger partial charge in [0.05, 0.1) is 4.83 Å². The third-order valence-corrected chi connectivity index (χ3v) is 5.32. The molecule has 3 rings (SSSR count). The zero-order valence-corrected chi connectivity index (χ0v) is 9.14. The zero-order valence-electron chi connectivity index (χ0n) is 7.55. The van der Waals surface area contributed by atoms with Crippen molar-refractivity contribution in [2.45, 2.75) is 29.9 Å². The summed E-state index contributed by atoms with van der Waals surface area (Å²) in [5.74, 6) is -1.80. The first-order valence-electron chi connectivity index (χ1n) is 4.80. The third kappa shape index (κ3) is 0.905. The second-order valence-electron chi connectivity index (χ2n) is 4.59. The van der Waals surface area contributed by atoms with Gasteiger partial charge >= 0.3 is 12.1 Å². The Kier molecular flexibility index (Phi) is 1.67. The van der Waals surface area contributed by atoms with Crippen molar-refractivity contribution < 1.29 is 22.7 Å². The molecule has 3 aliphatic rings. The van der Waals surface area contributed by atoms with E-state index in [4.69, 9.17) is 4.74 Å². The number of alkyl halides is 4. The smallest absolute Gasteiger partial charge is 0.405 e. The maximum Gasteiger partial charge on any atom is 0.405 e. The highest BCUT2D eigenvalue weighted by molar-refractivity contribution is 9.09. The lowest BCUT2D eigenvalue weighted by Gasteiger charge is -2.31. The Balaban J connectivity index is 2.10. The van der Waals surface area contributed by atoms with E-state index in [2.05, 4.69) is 15.9 Å². The molecule has 2 nitrogen and oxygen atoms in total. The van der Waals surface area contributed by atoms with Crippen LogP contribution in [0, 0.1) is 17.3 Å². The van der Waals surface area contributed by atoms with Crippen LogP contribution in [-0.2, 0) is 9.53 Å². The van der Waals surface area contributed by atoms with Gasteiger partial charge in [-0.1, -0.05) is 15.9 Å². The summed E-state index contributed by atoms with van der Waals surface area (Å²) in [6.45, 7) is 0. The van der Waals surface area contributed by atoms with Crippen molar-refractivity contribution in [3.63, 3.8) is 0 Å². The molecule has 0 aromatic heterocycles. The lowest BCUT2D eigenvalue weighted by Crippen LogP contribution is -2.47. The highest BCUT2D eigenvalue weighted by Crippen LogP contribution is 2.68. The lowest BCUT2D eigenvalue weighted by molar-refractivity contribution is -0.229. The van der Waals surface area contributed by atoms with Crippen LogP contribution in [0.4, 0.5) is 13.2 Å². The van der Waals surface area contributed by atoms with Crippen molar-refractivity contribution in [2.24, 2.45) is 17.3 Å². The van der Waals surface area contributed by atoms with Crippen LogP contribution >= 0.6 is 15.9 Å². The van der Waals surface area contributed by atoms with Crippen molar-refractivity contribution in [1.29, 1.82) is 0 Å². The molecule has 1 heterocycles. The van der Waals surface area contributed by atoms with Gasteiger partial charge in [0, 0.05) is 5.92 Å². The lowest BCUT2D eigenvalue weighted by atomic mass is 9.73. The predicted octanol–water partition coefficient (Wildman–Crippen LogP) is 2.26. The summed E-state index contributed by atoms with van der Waals surface area (Å²) in [7, 11) is 0. The number of esters is 1. The molecule has 0 aromatic carbocycles. The molecule has 1 aliphatic heterocycles. The highest BCUT2D eigenvalue weighted by Gasteiger charge is 2.79. The van der Waals surface area contributed by atoms with Crippen molar-refractivity contribution in [3.05, 3.63) is 0 Å². The van der Waals surface area contributed by atoms with Crippen LogP contribution in [0.5, 0.6) is 0 Å². The summed E-state index contributed by atoms with van der Waals surface area (Å²) < 4.78 is 43.8. The number of hydrogen-bond acceptors (Lipinski definition) is 2. The van der Waals surface area contributed by atoms with Crippen molar-refractivity contribution in [3.8, 4) is 0 Å². The van der Waals surface area contributed by atoms with Gasteiger partial charge < -0.3 is 4.74 Å². The number of carbonyl (C=O) groups is 1. The summed E-state index contributed by atoms with van der Waals surface area (Å²) >= 11 is 3.32. The van der Waals surface area contributed by atoms with E-state index in [1.165, 1.54) is 0 Å². The van der Waals surface area contributed by atoms with Crippen molar-refractivity contribution >= 4 is 21.9 Å². The Hall–Kier alpha value is -0.260. The van der Waals surface area contributed by atoms with E-state index in [1.807, 2.05) is 0 Å². The van der Waals surface area contributed by atoms with Gasteiger partial charge in [0.2, 0.25) is 0 Å². The summed E-state index contributed by atoms with van der Waals surface area (Å²) in [4.78, 5) is 11.4. The van der Waals surface area contributed by atoms with Crippen LogP contribution < -0.4 is 0 Å². The molecule has 5 atom stereocenters. The Bertz CT molecular complexity index is 343. The van der Waals surface area contributed by atoms with Gasteiger partial charge in [0.25, 0.3) is 0 Å². The average Bonchev–Trinajstić information content (AvgIpc) is 2.66. The van der Waals surface area contributed by atoms with Gasteiger partial charge in [0.1, 0.15) is 6.10 Å². The van der Waals surface area contributed by atoms with E-state index >= 15 is 0 Å². The maximum absolute atomic E-state index is 13.0. The molecule has 15 heavy (non-hydrogen) atoms. The minimum absolute atomic E-state index is 0.0759. The molecule has 2 aliphatic carbocycles. The number of rotatable bonds is 0. The van der Waals surface area contributed by atoms with E-state index in [0.29, 0.717) is 6.42 Å². The monoisotopic (exact) mass is 284 g/mol. The zero-order chi connectivity index (χ0) is 11.0. The minimum atomic E-state index is -4.47. The van der Waals surface area contributed by atoms with E-state index < -0.39 is 29.6 Å². The molecule has 84 valence electrons. The second-order valence-corrected chi connectivity index (χ2v) is 5.65. The van der Waals surface area contributed by atoms with Crippen molar-refractivity contribution in [2.75, 3.05) is 0 Å². The number of halogens is 4. The Morgan fingerprint density at radius 2 is 2.13 bits per heavy atom. The van der Waals surface area contributed by atoms with E-state index in [0.717, 1.165) is 0 Å². The van der Waals surface area contributed by atoms with Crippen molar-refractivity contribution in [1.82, 2.24) is 0 Å². The predicted molar refractivity (Wildman–Crippen MR) is 47.3 cm³/mol. The summed E-state index contributed by atoms with van der Waals surface area (Å²) in [5.41, 5.74) is -2.19. The molecule has 6 heteroatoms. The Morgan fingerprint density at radius 3 is 2.67 bits per heavy atom. The van der Waals surface area contributed by atoms with Crippen LogP contribution in [0.3, 0.4) is 0 Å². The molecule has 1 saturated heterocycles. The van der Waals surface area contributed by atoms with E-state index in [1.54, 1.807) is 0 Å². The summed E-state index contributed by atoms with van der Waals surface area (Å²) in [6, 6.07) is 0. The molecule has 2 saturated carbocycles. The fourth-order valence-electron chi connectivity index (χ4n) is 3.38. The molecular weight excluding hydrogens is 277 g/mol.